The van der Waals surface area contributed by atoms with Gasteiger partial charge in [-0.05, 0) is 43.5 Å². The van der Waals surface area contributed by atoms with E-state index in [-0.39, 0.29) is 0 Å². The van der Waals surface area contributed by atoms with Gasteiger partial charge in [-0.25, -0.2) is 0 Å². The van der Waals surface area contributed by atoms with Crippen LogP contribution in [0, 0.1) is 0 Å². The largest absolute Gasteiger partial charge is 0.369 e. The Bertz CT molecular complexity index is 331. The summed E-state index contributed by atoms with van der Waals surface area (Å²) in [6.07, 6.45) is 4.68. The molecule has 0 radical (unpaired) electrons. The number of carbonyl (C=O) groups is 1. The van der Waals surface area contributed by atoms with E-state index >= 15 is 0 Å². The fourth-order valence-electron chi connectivity index (χ4n) is 2.34. The van der Waals surface area contributed by atoms with E-state index in [0.717, 1.165) is 18.4 Å². The SMILES string of the molecule is CCC1CCCN1c1ccc(C=O)cc1. The molecule has 2 rings (SSSR count). The normalized spacial score (nSPS) is 20.6. The molecule has 1 fully saturated rings. The highest BCUT2D eigenvalue weighted by Crippen LogP contribution is 2.27. The molecule has 2 nitrogen and oxygen atoms in total. The van der Waals surface area contributed by atoms with Crippen LogP contribution in [0.2, 0.25) is 0 Å². The van der Waals surface area contributed by atoms with Gasteiger partial charge in [0.1, 0.15) is 6.29 Å². The number of aldehydes is 1. The minimum Gasteiger partial charge on any atom is -0.369 e. The van der Waals surface area contributed by atoms with Gasteiger partial charge in [-0.2, -0.15) is 0 Å². The number of benzene rings is 1. The van der Waals surface area contributed by atoms with Crippen LogP contribution in [0.4, 0.5) is 5.69 Å². The fraction of sp³-hybridized carbons (Fsp3) is 0.462. The zero-order valence-electron chi connectivity index (χ0n) is 9.15. The van der Waals surface area contributed by atoms with Gasteiger partial charge in [0, 0.05) is 23.8 Å². The number of hydrogen-bond acceptors (Lipinski definition) is 2. The van der Waals surface area contributed by atoms with Crippen molar-refractivity contribution in [1.29, 1.82) is 0 Å². The van der Waals surface area contributed by atoms with E-state index in [9.17, 15) is 4.79 Å². The van der Waals surface area contributed by atoms with Gasteiger partial charge in [-0.15, -0.1) is 0 Å². The lowest BCUT2D eigenvalue weighted by atomic mass is 10.1. The summed E-state index contributed by atoms with van der Waals surface area (Å²) in [5.41, 5.74) is 2.01. The molecule has 1 aromatic rings. The van der Waals surface area contributed by atoms with Crippen molar-refractivity contribution in [1.82, 2.24) is 0 Å². The van der Waals surface area contributed by atoms with Crippen LogP contribution in [0.25, 0.3) is 0 Å². The van der Waals surface area contributed by atoms with Crippen LogP contribution in [-0.2, 0) is 0 Å². The maximum atomic E-state index is 10.5. The van der Waals surface area contributed by atoms with Crippen LogP contribution in [0.1, 0.15) is 36.5 Å². The van der Waals surface area contributed by atoms with Gasteiger partial charge in [0.25, 0.3) is 0 Å². The quantitative estimate of drug-likeness (QED) is 0.704. The third-order valence-corrected chi connectivity index (χ3v) is 3.21. The molecule has 1 unspecified atom stereocenters. The highest BCUT2D eigenvalue weighted by molar-refractivity contribution is 5.75. The molecule has 1 atom stereocenters. The predicted molar refractivity (Wildman–Crippen MR) is 62.5 cm³/mol. The molecule has 1 aliphatic heterocycles. The van der Waals surface area contributed by atoms with Crippen molar-refractivity contribution >= 4 is 12.0 Å². The van der Waals surface area contributed by atoms with Crippen LogP contribution in [0.3, 0.4) is 0 Å². The summed E-state index contributed by atoms with van der Waals surface area (Å²) in [6.45, 7) is 3.39. The Morgan fingerprint density at radius 2 is 2.13 bits per heavy atom. The molecule has 0 amide bonds. The molecule has 0 aromatic heterocycles. The number of rotatable bonds is 3. The third kappa shape index (κ3) is 2.04. The highest BCUT2D eigenvalue weighted by atomic mass is 16.1. The molecule has 15 heavy (non-hydrogen) atoms. The third-order valence-electron chi connectivity index (χ3n) is 3.21. The first kappa shape index (κ1) is 10.2. The van der Waals surface area contributed by atoms with Crippen molar-refractivity contribution in [3.63, 3.8) is 0 Å². The van der Waals surface area contributed by atoms with Crippen molar-refractivity contribution in [3.8, 4) is 0 Å². The highest BCUT2D eigenvalue weighted by Gasteiger charge is 2.22. The van der Waals surface area contributed by atoms with E-state index in [1.54, 1.807) is 0 Å². The Kier molecular flexibility index (Phi) is 3.05. The molecule has 0 N–H and O–H groups in total. The van der Waals surface area contributed by atoms with Crippen LogP contribution in [0.15, 0.2) is 24.3 Å². The zero-order chi connectivity index (χ0) is 10.7. The fourth-order valence-corrected chi connectivity index (χ4v) is 2.34. The average molecular weight is 203 g/mol. The summed E-state index contributed by atoms with van der Waals surface area (Å²) in [5, 5.41) is 0. The number of nitrogens with zero attached hydrogens (tertiary/aromatic N) is 1. The molecule has 1 heterocycles. The molecular formula is C13H17NO. The van der Waals surface area contributed by atoms with Crippen LogP contribution in [0.5, 0.6) is 0 Å². The molecule has 2 heteroatoms. The van der Waals surface area contributed by atoms with Gasteiger partial charge in [0.15, 0.2) is 0 Å². The van der Waals surface area contributed by atoms with E-state index < -0.39 is 0 Å². The summed E-state index contributed by atoms with van der Waals surface area (Å²) in [7, 11) is 0. The summed E-state index contributed by atoms with van der Waals surface area (Å²) in [6, 6.07) is 8.59. The van der Waals surface area contributed by atoms with E-state index in [4.69, 9.17) is 0 Å². The maximum absolute atomic E-state index is 10.5. The van der Waals surface area contributed by atoms with Crippen LogP contribution >= 0.6 is 0 Å². The Hall–Kier alpha value is -1.31. The lowest BCUT2D eigenvalue weighted by Gasteiger charge is -2.25. The van der Waals surface area contributed by atoms with Gasteiger partial charge in [-0.1, -0.05) is 6.92 Å². The van der Waals surface area contributed by atoms with E-state index in [1.807, 2.05) is 12.1 Å². The average Bonchev–Trinajstić information content (AvgIpc) is 2.77. The number of hydrogen-bond donors (Lipinski definition) is 0. The van der Waals surface area contributed by atoms with Crippen molar-refractivity contribution in [2.75, 3.05) is 11.4 Å². The molecular weight excluding hydrogens is 186 g/mol. The minimum absolute atomic E-state index is 0.687. The summed E-state index contributed by atoms with van der Waals surface area (Å²) in [5.74, 6) is 0. The number of anilines is 1. The predicted octanol–water partition coefficient (Wildman–Crippen LogP) is 2.88. The lowest BCUT2D eigenvalue weighted by Crippen LogP contribution is -2.28. The van der Waals surface area contributed by atoms with Crippen molar-refractivity contribution in [2.45, 2.75) is 32.2 Å². The Morgan fingerprint density at radius 3 is 2.73 bits per heavy atom. The molecule has 1 aliphatic rings. The topological polar surface area (TPSA) is 20.3 Å². The Labute approximate surface area is 90.9 Å². The second-order valence-electron chi connectivity index (χ2n) is 4.11. The first-order chi connectivity index (χ1) is 7.35. The molecule has 0 bridgehead atoms. The van der Waals surface area contributed by atoms with Gasteiger partial charge >= 0.3 is 0 Å². The molecule has 1 saturated heterocycles. The molecule has 0 aliphatic carbocycles. The second-order valence-corrected chi connectivity index (χ2v) is 4.11. The monoisotopic (exact) mass is 203 g/mol. The van der Waals surface area contributed by atoms with E-state index in [1.165, 1.54) is 24.9 Å². The summed E-state index contributed by atoms with van der Waals surface area (Å²) in [4.78, 5) is 13.0. The van der Waals surface area contributed by atoms with Crippen molar-refractivity contribution in [2.24, 2.45) is 0 Å². The summed E-state index contributed by atoms with van der Waals surface area (Å²) < 4.78 is 0. The molecule has 0 spiro atoms. The van der Waals surface area contributed by atoms with Crippen LogP contribution in [-0.4, -0.2) is 18.9 Å². The molecule has 0 saturated carbocycles. The first-order valence-corrected chi connectivity index (χ1v) is 5.67. The van der Waals surface area contributed by atoms with Gasteiger partial charge in [0.2, 0.25) is 0 Å². The van der Waals surface area contributed by atoms with Gasteiger partial charge < -0.3 is 4.90 Å². The Balaban J connectivity index is 2.17. The second kappa shape index (κ2) is 4.47. The smallest absolute Gasteiger partial charge is 0.150 e. The number of carbonyl (C=O) groups excluding carboxylic acids is 1. The molecule has 1 aromatic carbocycles. The van der Waals surface area contributed by atoms with Crippen molar-refractivity contribution in [3.05, 3.63) is 29.8 Å². The van der Waals surface area contributed by atoms with Gasteiger partial charge in [0.05, 0.1) is 0 Å². The first-order valence-electron chi connectivity index (χ1n) is 5.67. The zero-order valence-corrected chi connectivity index (χ0v) is 9.15. The van der Waals surface area contributed by atoms with E-state index in [2.05, 4.69) is 24.0 Å². The standard InChI is InChI=1S/C13H17NO/c1-2-12-4-3-9-14(12)13-7-5-11(10-15)6-8-13/h5-8,10,12H,2-4,9H2,1H3. The Morgan fingerprint density at radius 1 is 1.40 bits per heavy atom. The molecule has 80 valence electrons. The maximum Gasteiger partial charge on any atom is 0.150 e. The van der Waals surface area contributed by atoms with Crippen molar-refractivity contribution < 1.29 is 4.79 Å². The minimum atomic E-state index is 0.687. The summed E-state index contributed by atoms with van der Waals surface area (Å²) >= 11 is 0. The lowest BCUT2D eigenvalue weighted by molar-refractivity contribution is 0.112. The van der Waals surface area contributed by atoms with Crippen LogP contribution < -0.4 is 4.90 Å². The van der Waals surface area contributed by atoms with E-state index in [0.29, 0.717) is 6.04 Å². The van der Waals surface area contributed by atoms with Gasteiger partial charge in [-0.3, -0.25) is 4.79 Å².